The molecular formula is C24H22ClN5O. The molecule has 3 heterocycles. The van der Waals surface area contributed by atoms with E-state index in [-0.39, 0.29) is 18.4 Å². The van der Waals surface area contributed by atoms with Gasteiger partial charge in [0, 0.05) is 29.9 Å². The number of ether oxygens (including phenoxy) is 1. The zero-order valence-corrected chi connectivity index (χ0v) is 17.7. The summed E-state index contributed by atoms with van der Waals surface area (Å²) < 4.78 is 7.92. The fraction of sp³-hybridized carbons (Fsp3) is 0.208. The SMILES string of the molecule is Cl.N#Cc1cncc2c(-c3ccc(Oc4ccccc4)cc3)nn([C@@H]3CCCNC3)c12. The summed E-state index contributed by atoms with van der Waals surface area (Å²) in [4.78, 5) is 4.29. The number of benzene rings is 2. The first-order valence-corrected chi connectivity index (χ1v) is 10.1. The van der Waals surface area contributed by atoms with Crippen molar-refractivity contribution in [2.45, 2.75) is 18.9 Å². The van der Waals surface area contributed by atoms with Crippen molar-refractivity contribution in [3.63, 3.8) is 0 Å². The van der Waals surface area contributed by atoms with Crippen LogP contribution in [-0.2, 0) is 0 Å². The van der Waals surface area contributed by atoms with Crippen LogP contribution in [-0.4, -0.2) is 27.9 Å². The Labute approximate surface area is 186 Å². The van der Waals surface area contributed by atoms with Gasteiger partial charge in [-0.2, -0.15) is 10.4 Å². The van der Waals surface area contributed by atoms with E-state index < -0.39 is 0 Å². The van der Waals surface area contributed by atoms with Gasteiger partial charge in [0.1, 0.15) is 23.3 Å². The Hall–Kier alpha value is -3.40. The van der Waals surface area contributed by atoms with Crippen molar-refractivity contribution in [3.8, 4) is 28.8 Å². The maximum absolute atomic E-state index is 9.65. The summed E-state index contributed by atoms with van der Waals surface area (Å²) in [6.45, 7) is 1.88. The second kappa shape index (κ2) is 9.17. The van der Waals surface area contributed by atoms with Crippen LogP contribution in [0.1, 0.15) is 24.4 Å². The van der Waals surface area contributed by atoms with Crippen LogP contribution in [0.2, 0.25) is 0 Å². The van der Waals surface area contributed by atoms with Gasteiger partial charge in [-0.05, 0) is 55.8 Å². The fourth-order valence-corrected chi connectivity index (χ4v) is 3.99. The monoisotopic (exact) mass is 431 g/mol. The molecule has 0 aliphatic carbocycles. The number of piperidine rings is 1. The first kappa shape index (κ1) is 20.9. The number of nitriles is 1. The van der Waals surface area contributed by atoms with E-state index in [4.69, 9.17) is 9.84 Å². The number of hydrogen-bond donors (Lipinski definition) is 1. The summed E-state index contributed by atoms with van der Waals surface area (Å²) in [5.41, 5.74) is 3.23. The predicted octanol–water partition coefficient (Wildman–Crippen LogP) is 5.11. The molecule has 0 bridgehead atoms. The standard InChI is InChI=1S/C24H21N5O.ClH/c25-13-18-14-27-16-22-23(28-29(24(18)22)19-5-4-12-26-15-19)17-8-10-21(11-9-17)30-20-6-2-1-3-7-20;/h1-3,6-11,14,16,19,26H,4-5,12,15H2;1H/t19-;/m1./s1. The summed E-state index contributed by atoms with van der Waals surface area (Å²) in [5, 5.41) is 18.9. The Morgan fingerprint density at radius 3 is 2.52 bits per heavy atom. The minimum Gasteiger partial charge on any atom is -0.457 e. The van der Waals surface area contributed by atoms with Crippen LogP contribution in [0.15, 0.2) is 67.0 Å². The smallest absolute Gasteiger partial charge is 0.127 e. The number of hydrogen-bond acceptors (Lipinski definition) is 5. The van der Waals surface area contributed by atoms with E-state index in [0.717, 1.165) is 59.6 Å². The molecule has 2 aromatic heterocycles. The Balaban J connectivity index is 0.00000231. The van der Waals surface area contributed by atoms with Crippen molar-refractivity contribution < 1.29 is 4.74 Å². The predicted molar refractivity (Wildman–Crippen MR) is 123 cm³/mol. The summed E-state index contributed by atoms with van der Waals surface area (Å²) in [5.74, 6) is 1.56. The molecule has 2 aromatic carbocycles. The van der Waals surface area contributed by atoms with Gasteiger partial charge >= 0.3 is 0 Å². The number of nitrogens with one attached hydrogen (secondary N) is 1. The molecule has 1 N–H and O–H groups in total. The van der Waals surface area contributed by atoms with Gasteiger partial charge in [0.05, 0.1) is 17.1 Å². The molecule has 1 aliphatic rings. The molecular weight excluding hydrogens is 410 g/mol. The lowest BCUT2D eigenvalue weighted by molar-refractivity contribution is 0.355. The van der Waals surface area contributed by atoms with Crippen molar-refractivity contribution in [2.75, 3.05) is 13.1 Å². The maximum Gasteiger partial charge on any atom is 0.127 e. The summed E-state index contributed by atoms with van der Waals surface area (Å²) in [7, 11) is 0. The Kier molecular flexibility index (Phi) is 6.17. The van der Waals surface area contributed by atoms with Crippen LogP contribution in [0, 0.1) is 11.3 Å². The molecule has 0 amide bonds. The van der Waals surface area contributed by atoms with Crippen LogP contribution < -0.4 is 10.1 Å². The van der Waals surface area contributed by atoms with E-state index in [1.54, 1.807) is 12.4 Å². The Morgan fingerprint density at radius 2 is 1.81 bits per heavy atom. The molecule has 156 valence electrons. The molecule has 0 saturated carbocycles. The zero-order chi connectivity index (χ0) is 20.3. The first-order chi connectivity index (χ1) is 14.8. The van der Waals surface area contributed by atoms with Crippen LogP contribution in [0.3, 0.4) is 0 Å². The second-order valence-corrected chi connectivity index (χ2v) is 7.43. The minimum absolute atomic E-state index is 0. The second-order valence-electron chi connectivity index (χ2n) is 7.43. The molecule has 1 atom stereocenters. The van der Waals surface area contributed by atoms with Crippen molar-refractivity contribution in [2.24, 2.45) is 0 Å². The van der Waals surface area contributed by atoms with E-state index in [2.05, 4.69) is 16.4 Å². The largest absolute Gasteiger partial charge is 0.457 e. The summed E-state index contributed by atoms with van der Waals surface area (Å²) in [6, 6.07) is 20.1. The highest BCUT2D eigenvalue weighted by Crippen LogP contribution is 2.33. The highest BCUT2D eigenvalue weighted by molar-refractivity contribution is 5.95. The highest BCUT2D eigenvalue weighted by Gasteiger charge is 2.23. The minimum atomic E-state index is 0. The van der Waals surface area contributed by atoms with Gasteiger partial charge < -0.3 is 10.1 Å². The van der Waals surface area contributed by atoms with E-state index in [1.165, 1.54) is 0 Å². The third kappa shape index (κ3) is 4.11. The third-order valence-corrected chi connectivity index (χ3v) is 5.45. The van der Waals surface area contributed by atoms with Crippen LogP contribution in [0.25, 0.3) is 22.2 Å². The van der Waals surface area contributed by atoms with Gasteiger partial charge in [0.25, 0.3) is 0 Å². The normalized spacial score (nSPS) is 15.8. The van der Waals surface area contributed by atoms with Gasteiger partial charge in [-0.25, -0.2) is 0 Å². The van der Waals surface area contributed by atoms with Crippen LogP contribution in [0.4, 0.5) is 0 Å². The average Bonchev–Trinajstić information content (AvgIpc) is 3.21. The average molecular weight is 432 g/mol. The van der Waals surface area contributed by atoms with Gasteiger partial charge in [0.15, 0.2) is 0 Å². The molecule has 6 nitrogen and oxygen atoms in total. The third-order valence-electron chi connectivity index (χ3n) is 5.45. The number of aromatic nitrogens is 3. The van der Waals surface area contributed by atoms with Crippen molar-refractivity contribution in [1.82, 2.24) is 20.1 Å². The van der Waals surface area contributed by atoms with Crippen LogP contribution >= 0.6 is 12.4 Å². The zero-order valence-electron chi connectivity index (χ0n) is 16.9. The molecule has 0 spiro atoms. The summed E-state index contributed by atoms with van der Waals surface area (Å²) >= 11 is 0. The Bertz CT molecular complexity index is 1210. The molecule has 5 rings (SSSR count). The quantitative estimate of drug-likeness (QED) is 0.486. The van der Waals surface area contributed by atoms with Gasteiger partial charge in [0.2, 0.25) is 0 Å². The molecule has 7 heteroatoms. The number of nitrogens with zero attached hydrogens (tertiary/aromatic N) is 4. The topological polar surface area (TPSA) is 75.8 Å². The lowest BCUT2D eigenvalue weighted by Gasteiger charge is -2.24. The number of para-hydroxylation sites is 1. The van der Waals surface area contributed by atoms with E-state index in [0.29, 0.717) is 5.56 Å². The van der Waals surface area contributed by atoms with Gasteiger partial charge in [-0.15, -0.1) is 12.4 Å². The van der Waals surface area contributed by atoms with Gasteiger partial charge in [-0.1, -0.05) is 18.2 Å². The lowest BCUT2D eigenvalue weighted by atomic mass is 10.1. The first-order valence-electron chi connectivity index (χ1n) is 10.1. The summed E-state index contributed by atoms with van der Waals surface area (Å²) in [6.07, 6.45) is 5.57. The lowest BCUT2D eigenvalue weighted by Crippen LogP contribution is -2.32. The van der Waals surface area contributed by atoms with Crippen LogP contribution in [0.5, 0.6) is 11.5 Å². The maximum atomic E-state index is 9.65. The Morgan fingerprint density at radius 1 is 1.03 bits per heavy atom. The highest BCUT2D eigenvalue weighted by atomic mass is 35.5. The van der Waals surface area contributed by atoms with E-state index in [9.17, 15) is 5.26 Å². The molecule has 4 aromatic rings. The number of fused-ring (bicyclic) bond motifs is 1. The fourth-order valence-electron chi connectivity index (χ4n) is 3.99. The molecule has 0 radical (unpaired) electrons. The van der Waals surface area contributed by atoms with E-state index in [1.807, 2.05) is 59.3 Å². The number of rotatable bonds is 4. The van der Waals surface area contributed by atoms with Crippen molar-refractivity contribution in [1.29, 1.82) is 5.26 Å². The number of pyridine rings is 1. The molecule has 0 unspecified atom stereocenters. The molecule has 1 fully saturated rings. The van der Waals surface area contributed by atoms with Crippen molar-refractivity contribution >= 4 is 23.3 Å². The molecule has 1 saturated heterocycles. The van der Waals surface area contributed by atoms with Crippen molar-refractivity contribution in [3.05, 3.63) is 72.6 Å². The van der Waals surface area contributed by atoms with Gasteiger partial charge in [-0.3, -0.25) is 9.67 Å². The molecule has 1 aliphatic heterocycles. The molecule has 31 heavy (non-hydrogen) atoms. The van der Waals surface area contributed by atoms with E-state index >= 15 is 0 Å². The number of halogens is 1.